The van der Waals surface area contributed by atoms with E-state index in [1.807, 2.05) is 0 Å². The zero-order chi connectivity index (χ0) is 14.9. The summed E-state index contributed by atoms with van der Waals surface area (Å²) in [4.78, 5) is 10.4. The Morgan fingerprint density at radius 3 is 2.70 bits per heavy atom. The summed E-state index contributed by atoms with van der Waals surface area (Å²) in [5.74, 6) is -0.734. The van der Waals surface area contributed by atoms with Crippen molar-refractivity contribution in [1.82, 2.24) is 14.6 Å². The lowest BCUT2D eigenvalue weighted by Crippen LogP contribution is -2.08. The van der Waals surface area contributed by atoms with Gasteiger partial charge >= 0.3 is 12.1 Å². The van der Waals surface area contributed by atoms with Gasteiger partial charge < -0.3 is 5.11 Å². The second-order valence-corrected chi connectivity index (χ2v) is 4.54. The number of halogens is 4. The Balaban J connectivity index is 2.37. The van der Waals surface area contributed by atoms with Gasteiger partial charge in [-0.15, -0.1) is 10.2 Å². The second kappa shape index (κ2) is 5.28. The summed E-state index contributed by atoms with van der Waals surface area (Å²) < 4.78 is 39.2. The highest BCUT2D eigenvalue weighted by Gasteiger charge is 2.32. The highest BCUT2D eigenvalue weighted by Crippen LogP contribution is 2.32. The van der Waals surface area contributed by atoms with Crippen LogP contribution in [0.4, 0.5) is 13.2 Å². The molecule has 20 heavy (non-hydrogen) atoms. The molecule has 2 heterocycles. The molecule has 0 saturated heterocycles. The minimum absolute atomic E-state index is 0.0956. The van der Waals surface area contributed by atoms with E-state index in [0.29, 0.717) is 0 Å². The summed E-state index contributed by atoms with van der Waals surface area (Å²) in [5, 5.41) is 15.8. The van der Waals surface area contributed by atoms with Crippen LogP contribution in [0.5, 0.6) is 0 Å². The number of carboxylic acid groups (broad SMARTS) is 1. The van der Waals surface area contributed by atoms with Crippen molar-refractivity contribution >= 4 is 23.2 Å². The van der Waals surface area contributed by atoms with Gasteiger partial charge in [0.25, 0.3) is 0 Å². The molecule has 0 radical (unpaired) electrons. The fourth-order valence-corrected chi connectivity index (χ4v) is 1.97. The largest absolute Gasteiger partial charge is 0.481 e. The first-order valence-corrected chi connectivity index (χ1v) is 5.99. The van der Waals surface area contributed by atoms with Gasteiger partial charge in [0, 0.05) is 19.0 Å². The fraction of sp³-hybridized carbons (Fsp3) is 0.364. The maximum Gasteiger partial charge on any atom is 0.417 e. The Labute approximate surface area is 116 Å². The van der Waals surface area contributed by atoms with E-state index in [4.69, 9.17) is 16.7 Å². The normalized spacial score (nSPS) is 12.0. The zero-order valence-corrected chi connectivity index (χ0v) is 10.7. The average molecular weight is 308 g/mol. The van der Waals surface area contributed by atoms with E-state index in [0.717, 1.165) is 16.7 Å². The lowest BCUT2D eigenvalue weighted by Gasteiger charge is -2.08. The molecule has 0 aliphatic rings. The van der Waals surface area contributed by atoms with Crippen molar-refractivity contribution in [2.45, 2.75) is 25.4 Å². The van der Waals surface area contributed by atoms with Gasteiger partial charge in [-0.3, -0.25) is 9.20 Å². The van der Waals surface area contributed by atoms with Crippen molar-refractivity contribution in [2.24, 2.45) is 0 Å². The zero-order valence-electron chi connectivity index (χ0n) is 9.98. The van der Waals surface area contributed by atoms with E-state index in [1.165, 1.54) is 0 Å². The van der Waals surface area contributed by atoms with E-state index in [1.54, 1.807) is 0 Å². The number of carboxylic acids is 1. The van der Waals surface area contributed by atoms with Crippen molar-refractivity contribution in [3.8, 4) is 0 Å². The number of carbonyl (C=O) groups is 1. The van der Waals surface area contributed by atoms with Crippen molar-refractivity contribution in [3.05, 3.63) is 28.7 Å². The Morgan fingerprint density at radius 2 is 2.10 bits per heavy atom. The number of alkyl halides is 3. The molecule has 0 atom stereocenters. The van der Waals surface area contributed by atoms with Gasteiger partial charge in [0.1, 0.15) is 5.82 Å². The summed E-state index contributed by atoms with van der Waals surface area (Å²) in [7, 11) is 0. The Morgan fingerprint density at radius 1 is 1.40 bits per heavy atom. The number of aromatic nitrogens is 3. The van der Waals surface area contributed by atoms with Crippen LogP contribution in [0.1, 0.15) is 24.2 Å². The van der Waals surface area contributed by atoms with Crippen LogP contribution in [-0.2, 0) is 17.4 Å². The number of pyridine rings is 1. The first kappa shape index (κ1) is 14.6. The topological polar surface area (TPSA) is 67.5 Å². The third-order valence-electron chi connectivity index (χ3n) is 2.65. The van der Waals surface area contributed by atoms with Crippen molar-refractivity contribution < 1.29 is 23.1 Å². The van der Waals surface area contributed by atoms with Crippen molar-refractivity contribution in [2.75, 3.05) is 0 Å². The number of rotatable bonds is 4. The number of aliphatic carboxylic acids is 1. The molecule has 0 bridgehead atoms. The Hall–Kier alpha value is -1.83. The molecule has 0 unspecified atom stereocenters. The Kier molecular flexibility index (Phi) is 3.85. The molecule has 108 valence electrons. The average Bonchev–Trinajstić information content (AvgIpc) is 2.71. The summed E-state index contributed by atoms with van der Waals surface area (Å²) in [6.07, 6.45) is -3.31. The van der Waals surface area contributed by atoms with Gasteiger partial charge in [0.2, 0.25) is 0 Å². The third-order valence-corrected chi connectivity index (χ3v) is 2.93. The van der Waals surface area contributed by atoms with Crippen molar-refractivity contribution in [3.63, 3.8) is 0 Å². The molecule has 9 heteroatoms. The van der Waals surface area contributed by atoms with Gasteiger partial charge in [0.15, 0.2) is 5.65 Å². The maximum absolute atomic E-state index is 12.7. The van der Waals surface area contributed by atoms with Crippen LogP contribution in [0, 0.1) is 0 Å². The van der Waals surface area contributed by atoms with Gasteiger partial charge in [-0.05, 0) is 12.5 Å². The molecule has 0 aliphatic heterocycles. The predicted molar refractivity (Wildman–Crippen MR) is 63.6 cm³/mol. The number of nitrogens with zero attached hydrogens (tertiary/aromatic N) is 3. The van der Waals surface area contributed by atoms with Gasteiger partial charge in [0.05, 0.1) is 10.6 Å². The minimum Gasteiger partial charge on any atom is -0.481 e. The minimum atomic E-state index is -4.53. The molecular formula is C11H9ClF3N3O2. The summed E-state index contributed by atoms with van der Waals surface area (Å²) >= 11 is 5.75. The first-order chi connectivity index (χ1) is 9.29. The summed E-state index contributed by atoms with van der Waals surface area (Å²) in [6.45, 7) is 0. The van der Waals surface area contributed by atoms with E-state index in [-0.39, 0.29) is 35.8 Å². The number of hydrogen-bond acceptors (Lipinski definition) is 3. The number of fused-ring (bicyclic) bond motifs is 1. The fourth-order valence-electron chi connectivity index (χ4n) is 1.72. The van der Waals surface area contributed by atoms with Crippen LogP contribution >= 0.6 is 11.6 Å². The van der Waals surface area contributed by atoms with E-state index in [2.05, 4.69) is 10.2 Å². The van der Waals surface area contributed by atoms with Crippen LogP contribution in [-0.4, -0.2) is 25.7 Å². The molecule has 0 aromatic carbocycles. The van der Waals surface area contributed by atoms with E-state index in [9.17, 15) is 18.0 Å². The molecule has 0 spiro atoms. The summed E-state index contributed by atoms with van der Waals surface area (Å²) in [6, 6.07) is 0.784. The van der Waals surface area contributed by atoms with Gasteiger partial charge in [-0.25, -0.2) is 0 Å². The molecule has 2 aromatic rings. The molecule has 0 amide bonds. The standard InChI is InChI=1S/C11H9ClF3N3O2/c12-7-4-6(11(13,14)15)5-18-8(16-17-10(7)18)2-1-3-9(19)20/h4-5H,1-3H2,(H,19,20). The van der Waals surface area contributed by atoms with E-state index >= 15 is 0 Å². The number of hydrogen-bond donors (Lipinski definition) is 1. The van der Waals surface area contributed by atoms with E-state index < -0.39 is 17.7 Å². The van der Waals surface area contributed by atoms with Crippen LogP contribution in [0.25, 0.3) is 5.65 Å². The highest BCUT2D eigenvalue weighted by molar-refractivity contribution is 6.33. The quantitative estimate of drug-likeness (QED) is 0.943. The highest BCUT2D eigenvalue weighted by atomic mass is 35.5. The Bertz CT molecular complexity index is 654. The lowest BCUT2D eigenvalue weighted by atomic mass is 10.2. The van der Waals surface area contributed by atoms with Gasteiger partial charge in [-0.1, -0.05) is 11.6 Å². The molecule has 0 aliphatic carbocycles. The van der Waals surface area contributed by atoms with Crippen LogP contribution < -0.4 is 0 Å². The molecule has 1 N–H and O–H groups in total. The van der Waals surface area contributed by atoms with Gasteiger partial charge in [-0.2, -0.15) is 13.2 Å². The maximum atomic E-state index is 12.7. The molecule has 2 aromatic heterocycles. The molecule has 2 rings (SSSR count). The molecule has 5 nitrogen and oxygen atoms in total. The monoisotopic (exact) mass is 307 g/mol. The SMILES string of the molecule is O=C(O)CCCc1nnc2c(Cl)cc(C(F)(F)F)cn12. The van der Waals surface area contributed by atoms with Crippen molar-refractivity contribution in [1.29, 1.82) is 0 Å². The lowest BCUT2D eigenvalue weighted by molar-refractivity contribution is -0.138. The molecular weight excluding hydrogens is 299 g/mol. The molecule has 0 fully saturated rings. The third kappa shape index (κ3) is 3.01. The predicted octanol–water partition coefficient (Wildman–Crippen LogP) is 2.81. The second-order valence-electron chi connectivity index (χ2n) is 4.13. The number of aryl methyl sites for hydroxylation is 1. The summed E-state index contributed by atoms with van der Waals surface area (Å²) in [5.41, 5.74) is -0.792. The first-order valence-electron chi connectivity index (χ1n) is 5.61. The molecule has 0 saturated carbocycles. The van der Waals surface area contributed by atoms with Crippen LogP contribution in [0.15, 0.2) is 12.3 Å². The van der Waals surface area contributed by atoms with Crippen LogP contribution in [0.2, 0.25) is 5.02 Å². The van der Waals surface area contributed by atoms with Crippen LogP contribution in [0.3, 0.4) is 0 Å². The smallest absolute Gasteiger partial charge is 0.417 e.